The fourth-order valence-electron chi connectivity index (χ4n) is 4.07. The summed E-state index contributed by atoms with van der Waals surface area (Å²) in [5.74, 6) is -1.03. The quantitative estimate of drug-likeness (QED) is 0.506. The third-order valence-corrected chi connectivity index (χ3v) is 6.32. The largest absolute Gasteiger partial charge is 0.482 e. The summed E-state index contributed by atoms with van der Waals surface area (Å²) in [5, 5.41) is 3.06. The van der Waals surface area contributed by atoms with Gasteiger partial charge in [-0.3, -0.25) is 19.3 Å². The van der Waals surface area contributed by atoms with Crippen LogP contribution in [0, 0.1) is 5.82 Å². The van der Waals surface area contributed by atoms with Crippen molar-refractivity contribution in [1.29, 1.82) is 0 Å². The molecule has 1 fully saturated rings. The van der Waals surface area contributed by atoms with Gasteiger partial charge in [0, 0.05) is 43.2 Å². The SMILES string of the molecule is COC(=O)CCC(=O)Nc1cc(Cl)ccc1OCC(=O)N1C[C@H](C)N(Cc2ccc(F)cc2)C[C@H]1C. The Morgan fingerprint density at radius 3 is 2.47 bits per heavy atom. The molecule has 0 saturated carbocycles. The number of ether oxygens (including phenoxy) is 2. The summed E-state index contributed by atoms with van der Waals surface area (Å²) in [6.45, 7) is 5.71. The van der Waals surface area contributed by atoms with Crippen molar-refractivity contribution in [2.24, 2.45) is 0 Å². The number of esters is 1. The van der Waals surface area contributed by atoms with Crippen molar-refractivity contribution in [3.63, 3.8) is 0 Å². The van der Waals surface area contributed by atoms with Crippen LogP contribution in [0.15, 0.2) is 42.5 Å². The molecule has 0 aromatic heterocycles. The molecule has 10 heteroatoms. The van der Waals surface area contributed by atoms with E-state index >= 15 is 0 Å². The smallest absolute Gasteiger partial charge is 0.306 e. The lowest BCUT2D eigenvalue weighted by Crippen LogP contribution is -2.58. The van der Waals surface area contributed by atoms with Crippen molar-refractivity contribution in [2.45, 2.75) is 45.3 Å². The lowest BCUT2D eigenvalue weighted by molar-refractivity contribution is -0.141. The predicted octanol–water partition coefficient (Wildman–Crippen LogP) is 3.87. The van der Waals surface area contributed by atoms with Gasteiger partial charge in [0.2, 0.25) is 5.91 Å². The second-order valence-electron chi connectivity index (χ2n) is 8.85. The first-order valence-corrected chi connectivity index (χ1v) is 12.1. The molecule has 1 N–H and O–H groups in total. The zero-order valence-electron chi connectivity index (χ0n) is 20.6. The molecule has 2 aromatic carbocycles. The molecule has 1 aliphatic rings. The van der Waals surface area contributed by atoms with Gasteiger partial charge in [-0.15, -0.1) is 0 Å². The normalized spacial score (nSPS) is 18.0. The Balaban J connectivity index is 1.57. The maximum absolute atomic E-state index is 13.2. The highest BCUT2D eigenvalue weighted by Gasteiger charge is 2.32. The standard InChI is InChI=1S/C26H31ClFN3O5/c1-17-14-31(18(2)13-30(17)15-19-4-7-21(28)8-5-19)25(33)16-36-23-9-6-20(27)12-22(23)29-24(32)10-11-26(34)35-3/h4-9,12,17-18H,10-11,13-16H2,1-3H3,(H,29,32)/t17-,18+/m0/s1. The van der Waals surface area contributed by atoms with Crippen molar-refractivity contribution in [3.8, 4) is 5.75 Å². The van der Waals surface area contributed by atoms with E-state index in [2.05, 4.69) is 21.9 Å². The zero-order valence-corrected chi connectivity index (χ0v) is 21.4. The molecule has 0 unspecified atom stereocenters. The van der Waals surface area contributed by atoms with E-state index in [4.69, 9.17) is 16.3 Å². The average Bonchev–Trinajstić information content (AvgIpc) is 2.85. The molecule has 2 aromatic rings. The Kier molecular flexibility index (Phi) is 9.66. The number of piperazine rings is 1. The third-order valence-electron chi connectivity index (χ3n) is 6.09. The van der Waals surface area contributed by atoms with E-state index in [1.165, 1.54) is 25.3 Å². The minimum Gasteiger partial charge on any atom is -0.482 e. The molecule has 0 aliphatic carbocycles. The Labute approximate surface area is 215 Å². The van der Waals surface area contributed by atoms with Gasteiger partial charge in [-0.25, -0.2) is 4.39 Å². The molecule has 0 radical (unpaired) electrons. The number of nitrogens with zero attached hydrogens (tertiary/aromatic N) is 2. The molecule has 2 amide bonds. The van der Waals surface area contributed by atoms with Crippen molar-refractivity contribution in [1.82, 2.24) is 9.80 Å². The van der Waals surface area contributed by atoms with Crippen LogP contribution in [-0.2, 0) is 25.7 Å². The van der Waals surface area contributed by atoms with Gasteiger partial charge in [-0.2, -0.15) is 0 Å². The van der Waals surface area contributed by atoms with Gasteiger partial charge < -0.3 is 19.7 Å². The lowest BCUT2D eigenvalue weighted by Gasteiger charge is -2.44. The molecule has 3 rings (SSSR count). The summed E-state index contributed by atoms with van der Waals surface area (Å²) in [4.78, 5) is 40.6. The highest BCUT2D eigenvalue weighted by Crippen LogP contribution is 2.29. The first kappa shape index (κ1) is 27.4. The topological polar surface area (TPSA) is 88.2 Å². The van der Waals surface area contributed by atoms with E-state index in [9.17, 15) is 18.8 Å². The van der Waals surface area contributed by atoms with Gasteiger partial charge in [0.1, 0.15) is 11.6 Å². The van der Waals surface area contributed by atoms with Crippen molar-refractivity contribution < 1.29 is 28.2 Å². The average molecular weight is 520 g/mol. The van der Waals surface area contributed by atoms with E-state index in [1.807, 2.05) is 6.92 Å². The van der Waals surface area contributed by atoms with Crippen molar-refractivity contribution in [2.75, 3.05) is 32.1 Å². The Morgan fingerprint density at radius 1 is 1.06 bits per heavy atom. The minimum absolute atomic E-state index is 0.0412. The van der Waals surface area contributed by atoms with Gasteiger partial charge in [-0.1, -0.05) is 23.7 Å². The van der Waals surface area contributed by atoms with E-state index in [0.717, 1.165) is 5.56 Å². The number of hydrogen-bond acceptors (Lipinski definition) is 6. The summed E-state index contributed by atoms with van der Waals surface area (Å²) < 4.78 is 23.5. The molecular formula is C26H31ClFN3O5. The number of rotatable bonds is 9. The fourth-order valence-corrected chi connectivity index (χ4v) is 4.24. The zero-order chi connectivity index (χ0) is 26.2. The van der Waals surface area contributed by atoms with Crippen LogP contribution in [0.4, 0.5) is 10.1 Å². The summed E-state index contributed by atoms with van der Waals surface area (Å²) in [6, 6.07) is 11.2. The number of anilines is 1. The number of nitrogens with one attached hydrogen (secondary N) is 1. The molecule has 1 aliphatic heterocycles. The molecule has 2 atom stereocenters. The highest BCUT2D eigenvalue weighted by molar-refractivity contribution is 6.31. The number of amides is 2. The lowest BCUT2D eigenvalue weighted by atomic mass is 10.1. The summed E-state index contributed by atoms with van der Waals surface area (Å²) in [6.07, 6.45) is -0.115. The second kappa shape index (κ2) is 12.7. The van der Waals surface area contributed by atoms with Gasteiger partial charge in [0.15, 0.2) is 6.61 Å². The molecule has 8 nitrogen and oxygen atoms in total. The van der Waals surface area contributed by atoms with E-state index < -0.39 is 11.9 Å². The van der Waals surface area contributed by atoms with Gasteiger partial charge in [0.25, 0.3) is 5.91 Å². The molecule has 0 spiro atoms. The van der Waals surface area contributed by atoms with Gasteiger partial charge >= 0.3 is 5.97 Å². The van der Waals surface area contributed by atoms with E-state index in [1.54, 1.807) is 29.2 Å². The van der Waals surface area contributed by atoms with Crippen LogP contribution in [0.1, 0.15) is 32.3 Å². The molecule has 36 heavy (non-hydrogen) atoms. The Morgan fingerprint density at radius 2 is 1.78 bits per heavy atom. The van der Waals surface area contributed by atoms with Crippen LogP contribution < -0.4 is 10.1 Å². The van der Waals surface area contributed by atoms with Crippen LogP contribution in [0.5, 0.6) is 5.75 Å². The molecule has 1 heterocycles. The Hall–Kier alpha value is -3.17. The number of hydrogen-bond donors (Lipinski definition) is 1. The van der Waals surface area contributed by atoms with E-state index in [0.29, 0.717) is 36.1 Å². The Bertz CT molecular complexity index is 1080. The van der Waals surface area contributed by atoms with Crippen LogP contribution in [-0.4, -0.2) is 66.5 Å². The number of methoxy groups -OCH3 is 1. The first-order valence-electron chi connectivity index (χ1n) is 11.7. The van der Waals surface area contributed by atoms with Crippen LogP contribution in [0.2, 0.25) is 5.02 Å². The number of carbonyl (C=O) groups excluding carboxylic acids is 3. The predicted molar refractivity (Wildman–Crippen MR) is 134 cm³/mol. The number of benzene rings is 2. The molecular weight excluding hydrogens is 489 g/mol. The van der Waals surface area contributed by atoms with Crippen molar-refractivity contribution in [3.05, 3.63) is 58.9 Å². The number of halogens is 2. The minimum atomic E-state index is -0.487. The van der Waals surface area contributed by atoms with Gasteiger partial charge in [0.05, 0.1) is 19.2 Å². The summed E-state index contributed by atoms with van der Waals surface area (Å²) in [7, 11) is 1.26. The molecule has 0 bridgehead atoms. The third kappa shape index (κ3) is 7.66. The fraction of sp³-hybridized carbons (Fsp3) is 0.423. The highest BCUT2D eigenvalue weighted by atomic mass is 35.5. The van der Waals surface area contributed by atoms with Crippen LogP contribution in [0.3, 0.4) is 0 Å². The van der Waals surface area contributed by atoms with Gasteiger partial charge in [-0.05, 0) is 49.7 Å². The molecule has 1 saturated heterocycles. The summed E-state index contributed by atoms with van der Waals surface area (Å²) >= 11 is 6.07. The summed E-state index contributed by atoms with van der Waals surface area (Å²) in [5.41, 5.74) is 1.33. The van der Waals surface area contributed by atoms with Crippen molar-refractivity contribution >= 4 is 35.1 Å². The van der Waals surface area contributed by atoms with Crippen LogP contribution in [0.25, 0.3) is 0 Å². The number of carbonyl (C=O) groups is 3. The maximum Gasteiger partial charge on any atom is 0.306 e. The monoisotopic (exact) mass is 519 g/mol. The van der Waals surface area contributed by atoms with E-state index in [-0.39, 0.29) is 43.3 Å². The first-order chi connectivity index (χ1) is 17.2. The maximum atomic E-state index is 13.2. The molecule has 194 valence electrons. The van der Waals surface area contributed by atoms with Crippen LogP contribution >= 0.6 is 11.6 Å². The second-order valence-corrected chi connectivity index (χ2v) is 9.29.